The molecular weight excluding hydrogens is 467 g/mol. The van der Waals surface area contributed by atoms with E-state index >= 15 is 0 Å². The van der Waals surface area contributed by atoms with Crippen LogP contribution in [0.5, 0.6) is 0 Å². The molecule has 0 aliphatic heterocycles. The van der Waals surface area contributed by atoms with E-state index in [-0.39, 0.29) is 11.4 Å². The minimum absolute atomic E-state index is 0.160. The van der Waals surface area contributed by atoms with Gasteiger partial charge in [-0.05, 0) is 42.0 Å². The van der Waals surface area contributed by atoms with Gasteiger partial charge in [0.2, 0.25) is 5.78 Å². The van der Waals surface area contributed by atoms with E-state index in [1.807, 2.05) is 59.0 Å². The lowest BCUT2D eigenvalue weighted by Crippen LogP contribution is -2.21. The molecule has 0 radical (unpaired) electrons. The quantitative estimate of drug-likeness (QED) is 0.330. The monoisotopic (exact) mass is 480 g/mol. The molecule has 30 heavy (non-hydrogen) atoms. The largest absolute Gasteiger partial charge is 0.268 e. The molecule has 0 amide bonds. The molecule has 0 saturated carbocycles. The van der Waals surface area contributed by atoms with Crippen molar-refractivity contribution in [3.8, 4) is 5.69 Å². The predicted molar refractivity (Wildman–Crippen MR) is 120 cm³/mol. The molecule has 0 bridgehead atoms. The Hall–Kier alpha value is -2.97. The fourth-order valence-corrected chi connectivity index (χ4v) is 4.62. The average molecular weight is 481 g/mol. The Bertz CT molecular complexity index is 1450. The molecule has 0 N–H and O–H groups in total. The number of halogens is 2. The maximum absolute atomic E-state index is 14.3. The van der Waals surface area contributed by atoms with Crippen LogP contribution in [0.2, 0.25) is 0 Å². The maximum atomic E-state index is 14.3. The van der Waals surface area contributed by atoms with Crippen LogP contribution in [0.1, 0.15) is 5.56 Å². The predicted octanol–water partition coefficient (Wildman–Crippen LogP) is 5.23. The summed E-state index contributed by atoms with van der Waals surface area (Å²) < 4.78 is 18.4. The van der Waals surface area contributed by atoms with Gasteiger partial charge in [0.1, 0.15) is 5.82 Å². The zero-order valence-corrected chi connectivity index (χ0v) is 17.9. The van der Waals surface area contributed by atoms with Crippen LogP contribution in [0.15, 0.2) is 87.2 Å². The van der Waals surface area contributed by atoms with E-state index in [1.54, 1.807) is 16.7 Å². The van der Waals surface area contributed by atoms with E-state index in [0.717, 1.165) is 0 Å². The van der Waals surface area contributed by atoms with Gasteiger partial charge in [-0.1, -0.05) is 64.1 Å². The highest BCUT2D eigenvalue weighted by atomic mass is 79.9. The van der Waals surface area contributed by atoms with Crippen LogP contribution in [-0.4, -0.2) is 19.2 Å². The third-order valence-electron chi connectivity index (χ3n) is 4.78. The molecule has 0 atom stereocenters. The lowest BCUT2D eigenvalue weighted by Gasteiger charge is -2.11. The molecular formula is C22H14BrFN4OS. The summed E-state index contributed by atoms with van der Waals surface area (Å²) in [4.78, 5) is 13.2. The Kier molecular flexibility index (Phi) is 4.88. The molecule has 8 heteroatoms. The number of aromatic nitrogens is 4. The van der Waals surface area contributed by atoms with Crippen molar-refractivity contribution in [2.75, 3.05) is 0 Å². The van der Waals surface area contributed by atoms with E-state index in [1.165, 1.54) is 17.8 Å². The van der Waals surface area contributed by atoms with Gasteiger partial charge in [-0.3, -0.25) is 9.20 Å². The van der Waals surface area contributed by atoms with E-state index in [0.29, 0.717) is 43.3 Å². The number of thioether (sulfide) groups is 1. The van der Waals surface area contributed by atoms with Gasteiger partial charge < -0.3 is 0 Å². The first kappa shape index (κ1) is 19.0. The molecule has 3 aromatic carbocycles. The van der Waals surface area contributed by atoms with Crippen LogP contribution in [-0.2, 0) is 5.75 Å². The summed E-state index contributed by atoms with van der Waals surface area (Å²) in [6, 6.07) is 21.7. The first-order valence-corrected chi connectivity index (χ1v) is 10.9. The molecule has 5 aromatic rings. The SMILES string of the molecule is O=c1c2ccccc2n2c(SCc3ccc(Br)cc3F)nnc2n1-c1ccccc1. The number of fused-ring (bicyclic) bond motifs is 3. The van der Waals surface area contributed by atoms with Gasteiger partial charge >= 0.3 is 0 Å². The van der Waals surface area contributed by atoms with Crippen molar-refractivity contribution in [2.45, 2.75) is 10.9 Å². The standard InChI is InChI=1S/C22H14BrFN4OS/c23-15-11-10-14(18(24)12-15)13-30-22-26-25-21-27(16-6-2-1-3-7-16)20(29)17-8-4-5-9-19(17)28(21)22/h1-12H,13H2. The Labute approximate surface area is 183 Å². The van der Waals surface area contributed by atoms with Gasteiger partial charge in [0.15, 0.2) is 5.16 Å². The van der Waals surface area contributed by atoms with Crippen molar-refractivity contribution in [1.29, 1.82) is 0 Å². The summed E-state index contributed by atoms with van der Waals surface area (Å²) in [5, 5.41) is 9.78. The summed E-state index contributed by atoms with van der Waals surface area (Å²) in [5.74, 6) is 0.527. The topological polar surface area (TPSA) is 52.2 Å². The van der Waals surface area contributed by atoms with Gasteiger partial charge in [-0.2, -0.15) is 0 Å². The lowest BCUT2D eigenvalue weighted by molar-refractivity contribution is 0.616. The second kappa shape index (κ2) is 7.70. The lowest BCUT2D eigenvalue weighted by atomic mass is 10.2. The summed E-state index contributed by atoms with van der Waals surface area (Å²) in [7, 11) is 0. The minimum atomic E-state index is -0.281. The number of benzene rings is 3. The van der Waals surface area contributed by atoms with Crippen molar-refractivity contribution in [1.82, 2.24) is 19.2 Å². The average Bonchev–Trinajstić information content (AvgIpc) is 3.18. The van der Waals surface area contributed by atoms with Crippen LogP contribution in [0.4, 0.5) is 4.39 Å². The van der Waals surface area contributed by atoms with Gasteiger partial charge in [-0.15, -0.1) is 10.2 Å². The summed E-state index contributed by atoms with van der Waals surface area (Å²) in [5.41, 5.74) is 1.84. The van der Waals surface area contributed by atoms with Crippen molar-refractivity contribution in [2.24, 2.45) is 0 Å². The molecule has 5 nitrogen and oxygen atoms in total. The highest BCUT2D eigenvalue weighted by molar-refractivity contribution is 9.10. The third kappa shape index (κ3) is 3.22. The van der Waals surface area contributed by atoms with Crippen LogP contribution in [0.3, 0.4) is 0 Å². The zero-order chi connectivity index (χ0) is 20.7. The Morgan fingerprint density at radius 2 is 1.73 bits per heavy atom. The zero-order valence-electron chi connectivity index (χ0n) is 15.5. The van der Waals surface area contributed by atoms with Crippen LogP contribution >= 0.6 is 27.7 Å². The van der Waals surface area contributed by atoms with Crippen molar-refractivity contribution in [3.05, 3.63) is 99.0 Å². The number of para-hydroxylation sites is 2. The van der Waals surface area contributed by atoms with E-state index in [4.69, 9.17) is 0 Å². The number of nitrogens with zero attached hydrogens (tertiary/aromatic N) is 4. The highest BCUT2D eigenvalue weighted by Gasteiger charge is 2.18. The highest BCUT2D eigenvalue weighted by Crippen LogP contribution is 2.27. The molecule has 0 unspecified atom stereocenters. The number of hydrogen-bond donors (Lipinski definition) is 0. The van der Waals surface area contributed by atoms with Crippen LogP contribution in [0.25, 0.3) is 22.4 Å². The normalized spacial score (nSPS) is 11.4. The molecule has 0 aliphatic rings. The molecule has 0 saturated heterocycles. The summed E-state index contributed by atoms with van der Waals surface area (Å²) in [6.45, 7) is 0. The third-order valence-corrected chi connectivity index (χ3v) is 6.25. The van der Waals surface area contributed by atoms with Crippen molar-refractivity contribution in [3.63, 3.8) is 0 Å². The maximum Gasteiger partial charge on any atom is 0.267 e. The van der Waals surface area contributed by atoms with Gasteiger partial charge in [-0.25, -0.2) is 8.96 Å². The van der Waals surface area contributed by atoms with E-state index in [9.17, 15) is 9.18 Å². The second-order valence-electron chi connectivity index (χ2n) is 6.64. The minimum Gasteiger partial charge on any atom is -0.268 e. The Balaban J connectivity index is 1.69. The van der Waals surface area contributed by atoms with Gasteiger partial charge in [0.05, 0.1) is 16.6 Å². The fraction of sp³-hybridized carbons (Fsp3) is 0.0455. The first-order valence-electron chi connectivity index (χ1n) is 9.14. The number of hydrogen-bond acceptors (Lipinski definition) is 4. The molecule has 0 fully saturated rings. The molecule has 0 aliphatic carbocycles. The summed E-state index contributed by atoms with van der Waals surface area (Å²) in [6.07, 6.45) is 0. The van der Waals surface area contributed by atoms with Gasteiger partial charge in [0, 0.05) is 10.2 Å². The smallest absolute Gasteiger partial charge is 0.267 e. The molecule has 2 heterocycles. The number of rotatable bonds is 4. The van der Waals surface area contributed by atoms with Gasteiger partial charge in [0.25, 0.3) is 5.56 Å². The Morgan fingerprint density at radius 1 is 0.967 bits per heavy atom. The summed E-state index contributed by atoms with van der Waals surface area (Å²) >= 11 is 4.65. The molecule has 5 rings (SSSR count). The first-order chi connectivity index (χ1) is 14.6. The van der Waals surface area contributed by atoms with Crippen molar-refractivity contribution < 1.29 is 4.39 Å². The second-order valence-corrected chi connectivity index (χ2v) is 8.49. The van der Waals surface area contributed by atoms with E-state index in [2.05, 4.69) is 26.1 Å². The molecule has 0 spiro atoms. The molecule has 148 valence electrons. The van der Waals surface area contributed by atoms with Crippen LogP contribution < -0.4 is 5.56 Å². The van der Waals surface area contributed by atoms with Crippen molar-refractivity contribution >= 4 is 44.4 Å². The fourth-order valence-electron chi connectivity index (χ4n) is 3.36. The van der Waals surface area contributed by atoms with E-state index < -0.39 is 0 Å². The Morgan fingerprint density at radius 3 is 2.53 bits per heavy atom. The molecule has 2 aromatic heterocycles. The van der Waals surface area contributed by atoms with Crippen LogP contribution in [0, 0.1) is 5.82 Å².